The second-order valence-electron chi connectivity index (χ2n) is 8.39. The van der Waals surface area contributed by atoms with Crippen LogP contribution in [0.15, 0.2) is 89.8 Å². The second kappa shape index (κ2) is 24.4. The van der Waals surface area contributed by atoms with Crippen LogP contribution in [0, 0.1) is 0 Å². The minimum atomic E-state index is -3.70. The number of hydrogen-bond donors (Lipinski definition) is 1. The molecule has 0 saturated heterocycles. The summed E-state index contributed by atoms with van der Waals surface area (Å²) in [5, 5.41) is 3.03. The molecule has 1 N–H and O–H groups in total. The summed E-state index contributed by atoms with van der Waals surface area (Å²) in [6.07, 6.45) is 0. The van der Waals surface area contributed by atoms with E-state index in [4.69, 9.17) is 19.4 Å². The fourth-order valence-corrected chi connectivity index (χ4v) is 3.42. The van der Waals surface area contributed by atoms with Gasteiger partial charge in [-0.3, -0.25) is 19.2 Å². The van der Waals surface area contributed by atoms with Crippen molar-refractivity contribution in [3.8, 4) is 0 Å². The molecule has 0 spiro atoms. The molecular formula is C29H36Cl2N3O10S2-. The fourth-order valence-electron chi connectivity index (χ4n) is 2.65. The molecule has 0 radical (unpaired) electrons. The highest BCUT2D eigenvalue weighted by atomic mass is 35.7. The van der Waals surface area contributed by atoms with Gasteiger partial charge in [0.05, 0.1) is 16.8 Å². The average Bonchev–Trinajstić information content (AvgIpc) is 3.01. The van der Waals surface area contributed by atoms with E-state index in [0.717, 1.165) is 11.4 Å². The lowest BCUT2D eigenvalue weighted by Crippen LogP contribution is -2.22. The first-order valence-corrected chi connectivity index (χ1v) is 16.4. The molecular weight excluding hydrogens is 685 g/mol. The van der Waals surface area contributed by atoms with E-state index >= 15 is 0 Å². The molecule has 1 atom stereocenters. The third kappa shape index (κ3) is 22.6. The maximum absolute atomic E-state index is 11.0. The van der Waals surface area contributed by atoms with Crippen LogP contribution in [0.4, 0.5) is 17.1 Å². The maximum atomic E-state index is 11.0. The monoisotopic (exact) mass is 720 g/mol. The number of ether oxygens (including phenoxy) is 1. The smallest absolute Gasteiger partial charge is 0.310 e. The molecule has 0 bridgehead atoms. The van der Waals surface area contributed by atoms with Crippen molar-refractivity contribution >= 4 is 83.8 Å². The molecule has 3 aromatic carbocycles. The Labute approximate surface area is 281 Å². The first-order chi connectivity index (χ1) is 21.4. The van der Waals surface area contributed by atoms with E-state index in [9.17, 15) is 27.6 Å². The number of carbonyl (C=O) groups is 4. The van der Waals surface area contributed by atoms with Gasteiger partial charge in [-0.05, 0) is 48.5 Å². The number of benzene rings is 3. The van der Waals surface area contributed by atoms with Crippen LogP contribution in [-0.4, -0.2) is 62.1 Å². The first-order valence-electron chi connectivity index (χ1n) is 12.8. The topological polar surface area (TPSA) is 180 Å². The van der Waals surface area contributed by atoms with Gasteiger partial charge >= 0.3 is 11.9 Å². The van der Waals surface area contributed by atoms with Crippen LogP contribution in [0.25, 0.3) is 0 Å². The first kappa shape index (κ1) is 44.3. The van der Waals surface area contributed by atoms with Gasteiger partial charge < -0.3 is 24.4 Å². The van der Waals surface area contributed by atoms with Crippen molar-refractivity contribution in [2.24, 2.45) is 0 Å². The zero-order chi connectivity index (χ0) is 35.9. The van der Waals surface area contributed by atoms with Gasteiger partial charge in [-0.25, -0.2) is 12.6 Å². The summed E-state index contributed by atoms with van der Waals surface area (Å²) in [6, 6.07) is 25.4. The molecule has 0 aliphatic carbocycles. The Balaban J connectivity index is 0. The lowest BCUT2D eigenvalue weighted by Gasteiger charge is -2.14. The van der Waals surface area contributed by atoms with Crippen molar-refractivity contribution in [1.29, 1.82) is 0 Å². The Morgan fingerprint density at radius 1 is 0.739 bits per heavy atom. The molecule has 46 heavy (non-hydrogen) atoms. The number of carbonyl (C=O) groups excluding carboxylic acids is 4. The van der Waals surface area contributed by atoms with Crippen LogP contribution in [0.3, 0.4) is 0 Å². The number of nitrogens with one attached hydrogen (secondary N) is 1. The third-order valence-electron chi connectivity index (χ3n) is 5.00. The van der Waals surface area contributed by atoms with Crippen molar-refractivity contribution in [3.05, 3.63) is 84.9 Å². The molecule has 1 unspecified atom stereocenters. The lowest BCUT2D eigenvalue weighted by molar-refractivity contribution is -0.156. The predicted molar refractivity (Wildman–Crippen MR) is 178 cm³/mol. The van der Waals surface area contributed by atoms with Crippen molar-refractivity contribution in [2.75, 3.05) is 36.3 Å². The second-order valence-corrected chi connectivity index (χ2v) is 11.9. The van der Waals surface area contributed by atoms with Crippen LogP contribution in [0.5, 0.6) is 0 Å². The van der Waals surface area contributed by atoms with Crippen molar-refractivity contribution < 1.29 is 44.8 Å². The number of nitrogens with zero attached hydrogens (tertiary/aromatic N) is 2. The highest BCUT2D eigenvalue weighted by Crippen LogP contribution is 2.19. The van der Waals surface area contributed by atoms with E-state index in [1.165, 1.54) is 49.9 Å². The number of esters is 2. The summed E-state index contributed by atoms with van der Waals surface area (Å²) < 4.78 is 47.0. The van der Waals surface area contributed by atoms with E-state index in [0.29, 0.717) is 5.69 Å². The Morgan fingerprint density at radius 3 is 1.33 bits per heavy atom. The summed E-state index contributed by atoms with van der Waals surface area (Å²) >= 11 is 1.67. The Bertz CT molecular complexity index is 1470. The molecule has 254 valence electrons. The van der Waals surface area contributed by atoms with Crippen LogP contribution < -0.4 is 15.1 Å². The number of halogens is 2. The largest absolute Gasteiger partial charge is 0.749 e. The van der Waals surface area contributed by atoms with Gasteiger partial charge in [-0.2, -0.15) is 3.74 Å². The van der Waals surface area contributed by atoms with Gasteiger partial charge in [0.1, 0.15) is 11.4 Å². The molecule has 0 aromatic heterocycles. The summed E-state index contributed by atoms with van der Waals surface area (Å²) in [7, 11) is 6.73. The minimum absolute atomic E-state index is 0.0184. The highest BCUT2D eigenvalue weighted by Gasteiger charge is 2.11. The van der Waals surface area contributed by atoms with E-state index in [1.807, 2.05) is 67.7 Å². The highest BCUT2D eigenvalue weighted by molar-refractivity contribution is 8.13. The fraction of sp³-hybridized carbons (Fsp3) is 0.241. The van der Waals surface area contributed by atoms with Crippen molar-refractivity contribution in [1.82, 2.24) is 0 Å². The molecule has 3 aromatic rings. The lowest BCUT2D eigenvalue weighted by atomic mass is 10.3. The van der Waals surface area contributed by atoms with Crippen LogP contribution in [0.1, 0.15) is 27.7 Å². The van der Waals surface area contributed by atoms with E-state index in [2.05, 4.69) is 25.7 Å². The van der Waals surface area contributed by atoms with Gasteiger partial charge in [0.25, 0.3) is 9.05 Å². The molecule has 17 heteroatoms. The molecule has 0 saturated carbocycles. The summed E-state index contributed by atoms with van der Waals surface area (Å²) in [5.74, 6) is -1.20. The van der Waals surface area contributed by atoms with E-state index < -0.39 is 32.4 Å². The number of para-hydroxylation sites is 2. The number of amides is 2. The Morgan fingerprint density at radius 2 is 1.09 bits per heavy atom. The zero-order valence-electron chi connectivity index (χ0n) is 26.1. The molecule has 13 nitrogen and oxygen atoms in total. The van der Waals surface area contributed by atoms with Gasteiger partial charge in [0.2, 0.25) is 11.8 Å². The number of anilines is 3. The van der Waals surface area contributed by atoms with Crippen molar-refractivity contribution in [3.63, 3.8) is 0 Å². The maximum Gasteiger partial charge on any atom is 0.310 e. The molecule has 2 amide bonds. The molecule has 3 rings (SSSR count). The van der Waals surface area contributed by atoms with Crippen LogP contribution in [-0.2, 0) is 48.1 Å². The predicted octanol–water partition coefficient (Wildman–Crippen LogP) is 5.04. The third-order valence-corrected chi connectivity index (χ3v) is 6.78. The quantitative estimate of drug-likeness (QED) is 0.161. The van der Waals surface area contributed by atoms with E-state index in [1.54, 1.807) is 25.9 Å². The molecule has 0 fully saturated rings. The molecule has 0 aliphatic heterocycles. The number of rotatable bonds is 5. The average molecular weight is 722 g/mol. The molecule has 0 aliphatic rings. The van der Waals surface area contributed by atoms with Gasteiger partial charge in [0.15, 0.2) is 0 Å². The van der Waals surface area contributed by atoms with Gasteiger partial charge in [0, 0.05) is 76.6 Å². The minimum Gasteiger partial charge on any atom is -0.749 e. The summed E-state index contributed by atoms with van der Waals surface area (Å²) in [5.41, 5.74) is 2.71. The van der Waals surface area contributed by atoms with Crippen LogP contribution in [0.2, 0.25) is 0 Å². The van der Waals surface area contributed by atoms with E-state index in [-0.39, 0.29) is 16.7 Å². The van der Waals surface area contributed by atoms with Crippen LogP contribution >= 0.6 is 22.5 Å². The molecule has 0 heterocycles. The Hall–Kier alpha value is -3.86. The zero-order valence-corrected chi connectivity index (χ0v) is 29.3. The Kier molecular flexibility index (Phi) is 23.5. The summed E-state index contributed by atoms with van der Waals surface area (Å²) in [4.78, 5) is 44.5. The SMILES string of the molecule is CC(=O)N(C)c1ccc(S(=O)(=O)Cl)cc1.CC(=O)N(C)c1ccccc1.CC(=O)OC(C)=O.CNc1ccccc1.O=S([O-])OCl. The standard InChI is InChI=1S/C9H10ClNO3S.C9H11NO.C7H9N.C4H6O3.ClHO3S/c1-7(12)11(2)8-3-5-9(6-4-8)15(10,13)14;1-8(11)10(2)9-6-4-3-5-7-9;1-8-7-5-3-2-4-6-7;1-3(5)7-4(2)6;1-4-5(2)3/h3-6H,1-2H3;3-7H,1-2H3;2-6,8H,1H3;1-2H3;(H,2,3)/p-1. The van der Waals surface area contributed by atoms with Crippen molar-refractivity contribution in [2.45, 2.75) is 32.6 Å². The van der Waals surface area contributed by atoms with Gasteiger partial charge in [-0.15, -0.1) is 0 Å². The number of hydrogen-bond acceptors (Lipinski definition) is 11. The van der Waals surface area contributed by atoms with Gasteiger partial charge in [-0.1, -0.05) is 36.4 Å². The summed E-state index contributed by atoms with van der Waals surface area (Å²) in [6.45, 7) is 5.34. The normalized spacial score (nSPS) is 10.1.